The summed E-state index contributed by atoms with van der Waals surface area (Å²) in [7, 11) is 0. The number of nitrogens with two attached hydrogens (primary N) is 2. The van der Waals surface area contributed by atoms with Crippen molar-refractivity contribution >= 4 is 12.3 Å². The number of phenols is 1. The molecule has 80 valence electrons. The normalized spacial score (nSPS) is 10.4. The molecule has 0 heterocycles. The van der Waals surface area contributed by atoms with Gasteiger partial charge in [0.2, 0.25) is 0 Å². The van der Waals surface area contributed by atoms with Gasteiger partial charge < -0.3 is 16.6 Å². The Bertz CT molecular complexity index is 352. The van der Waals surface area contributed by atoms with Crippen molar-refractivity contribution in [3.63, 3.8) is 0 Å². The number of benzene rings is 1. The summed E-state index contributed by atoms with van der Waals surface area (Å²) in [6, 6.07) is 7.00. The Morgan fingerprint density at radius 1 is 1.27 bits per heavy atom. The molecule has 0 bridgehead atoms. The van der Waals surface area contributed by atoms with E-state index in [4.69, 9.17) is 16.6 Å². The smallest absolute Gasteiger partial charge is 0.192 e. The summed E-state index contributed by atoms with van der Waals surface area (Å²) in [6.45, 7) is 0.613. The van der Waals surface area contributed by atoms with Gasteiger partial charge >= 0.3 is 0 Å². The molecule has 0 aliphatic rings. The first kappa shape index (κ1) is 11.0. The van der Waals surface area contributed by atoms with Gasteiger partial charge in [-0.25, -0.2) is 4.99 Å². The number of rotatable bonds is 4. The van der Waals surface area contributed by atoms with Gasteiger partial charge in [0, 0.05) is 6.54 Å². The summed E-state index contributed by atoms with van der Waals surface area (Å²) in [5, 5.41) is 9.05. The van der Waals surface area contributed by atoms with E-state index in [-0.39, 0.29) is 11.7 Å². The summed E-state index contributed by atoms with van der Waals surface area (Å²) in [4.78, 5) is 7.60. The summed E-state index contributed by atoms with van der Waals surface area (Å²) in [6.07, 6.45) is 2.13. The first-order valence-electron chi connectivity index (χ1n) is 4.53. The summed E-state index contributed by atoms with van der Waals surface area (Å²) < 4.78 is 0. The molecule has 0 fully saturated rings. The molecular weight excluding hydrogens is 192 g/mol. The monoisotopic (exact) mass is 206 g/mol. The zero-order valence-corrected chi connectivity index (χ0v) is 8.30. The lowest BCUT2D eigenvalue weighted by Crippen LogP contribution is -2.22. The van der Waals surface area contributed by atoms with Gasteiger partial charge in [-0.1, -0.05) is 12.1 Å². The molecule has 5 heteroatoms. The van der Waals surface area contributed by atoms with E-state index in [0.717, 1.165) is 12.0 Å². The molecular formula is C10H14N4O. The van der Waals surface area contributed by atoms with Crippen LogP contribution in [0.3, 0.4) is 0 Å². The molecule has 0 radical (unpaired) electrons. The third-order valence-electron chi connectivity index (χ3n) is 1.75. The molecule has 0 spiro atoms. The van der Waals surface area contributed by atoms with Gasteiger partial charge in [0.1, 0.15) is 12.1 Å². The Kier molecular flexibility index (Phi) is 4.15. The quantitative estimate of drug-likeness (QED) is 0.486. The first-order chi connectivity index (χ1) is 7.18. The minimum Gasteiger partial charge on any atom is -0.508 e. The van der Waals surface area contributed by atoms with Gasteiger partial charge in [-0.15, -0.1) is 0 Å². The predicted molar refractivity (Wildman–Crippen MR) is 61.0 cm³/mol. The molecule has 0 atom stereocenters. The topological polar surface area (TPSA) is 97.0 Å². The van der Waals surface area contributed by atoms with Gasteiger partial charge in [0.15, 0.2) is 5.96 Å². The fraction of sp³-hybridized carbons (Fsp3) is 0.200. The Balaban J connectivity index is 2.35. The van der Waals surface area contributed by atoms with Gasteiger partial charge in [0.25, 0.3) is 0 Å². The second-order valence-electron chi connectivity index (χ2n) is 2.99. The third-order valence-corrected chi connectivity index (χ3v) is 1.75. The Labute approximate surface area is 88.2 Å². The highest BCUT2D eigenvalue weighted by molar-refractivity contribution is 5.83. The van der Waals surface area contributed by atoms with E-state index in [1.165, 1.54) is 6.34 Å². The summed E-state index contributed by atoms with van der Waals surface area (Å²) >= 11 is 0. The lowest BCUT2D eigenvalue weighted by atomic mass is 10.1. The van der Waals surface area contributed by atoms with E-state index >= 15 is 0 Å². The molecule has 0 aliphatic heterocycles. The molecule has 0 aromatic heterocycles. The van der Waals surface area contributed by atoms with Crippen LogP contribution in [-0.2, 0) is 6.42 Å². The van der Waals surface area contributed by atoms with Gasteiger partial charge in [-0.05, 0) is 24.1 Å². The van der Waals surface area contributed by atoms with Gasteiger partial charge in [0.05, 0.1) is 0 Å². The second-order valence-corrected chi connectivity index (χ2v) is 2.99. The van der Waals surface area contributed by atoms with Crippen LogP contribution in [0.2, 0.25) is 0 Å². The van der Waals surface area contributed by atoms with E-state index in [1.807, 2.05) is 12.1 Å². The SMILES string of the molecule is NC(N)=NC=NCCc1ccc(O)cc1. The average molecular weight is 206 g/mol. The van der Waals surface area contributed by atoms with Crippen molar-refractivity contribution in [3.8, 4) is 5.75 Å². The van der Waals surface area contributed by atoms with Crippen molar-refractivity contribution < 1.29 is 5.11 Å². The highest BCUT2D eigenvalue weighted by Crippen LogP contribution is 2.09. The lowest BCUT2D eigenvalue weighted by molar-refractivity contribution is 0.475. The molecule has 0 amide bonds. The standard InChI is InChI=1S/C10H14N4O/c11-10(12)14-7-13-6-5-8-1-3-9(15)4-2-8/h1-4,7,15H,5-6H2,(H4,11,12,13,14). The lowest BCUT2D eigenvalue weighted by Gasteiger charge is -1.97. The van der Waals surface area contributed by atoms with Crippen LogP contribution in [-0.4, -0.2) is 23.9 Å². The van der Waals surface area contributed by atoms with Crippen molar-refractivity contribution in [1.29, 1.82) is 0 Å². The first-order valence-corrected chi connectivity index (χ1v) is 4.53. The maximum absolute atomic E-state index is 9.05. The van der Waals surface area contributed by atoms with Crippen LogP contribution < -0.4 is 11.5 Å². The number of phenolic OH excluding ortho intramolecular Hbond substituents is 1. The third kappa shape index (κ3) is 4.66. The van der Waals surface area contributed by atoms with E-state index in [0.29, 0.717) is 6.54 Å². The zero-order valence-electron chi connectivity index (χ0n) is 8.30. The molecule has 0 unspecified atom stereocenters. The Morgan fingerprint density at radius 2 is 1.93 bits per heavy atom. The average Bonchev–Trinajstić information content (AvgIpc) is 2.20. The van der Waals surface area contributed by atoms with Crippen molar-refractivity contribution in [2.45, 2.75) is 6.42 Å². The molecule has 1 rings (SSSR count). The van der Waals surface area contributed by atoms with Crippen LogP contribution in [0.1, 0.15) is 5.56 Å². The van der Waals surface area contributed by atoms with Gasteiger partial charge in [-0.2, -0.15) is 0 Å². The Morgan fingerprint density at radius 3 is 2.53 bits per heavy atom. The molecule has 1 aromatic rings. The van der Waals surface area contributed by atoms with Crippen molar-refractivity contribution in [3.05, 3.63) is 29.8 Å². The van der Waals surface area contributed by atoms with Crippen LogP contribution in [0.4, 0.5) is 0 Å². The fourth-order valence-electron chi connectivity index (χ4n) is 1.02. The van der Waals surface area contributed by atoms with Crippen molar-refractivity contribution in [2.24, 2.45) is 21.5 Å². The molecule has 0 aliphatic carbocycles. The molecule has 0 saturated carbocycles. The molecule has 15 heavy (non-hydrogen) atoms. The summed E-state index contributed by atoms with van der Waals surface area (Å²) in [5.41, 5.74) is 11.3. The van der Waals surface area contributed by atoms with Crippen molar-refractivity contribution in [2.75, 3.05) is 6.54 Å². The van der Waals surface area contributed by atoms with Crippen LogP contribution in [0, 0.1) is 0 Å². The van der Waals surface area contributed by atoms with Crippen molar-refractivity contribution in [1.82, 2.24) is 0 Å². The van der Waals surface area contributed by atoms with E-state index in [2.05, 4.69) is 9.98 Å². The molecule has 0 saturated heterocycles. The number of aromatic hydroxyl groups is 1. The number of guanidine groups is 1. The van der Waals surface area contributed by atoms with Gasteiger partial charge in [-0.3, -0.25) is 4.99 Å². The van der Waals surface area contributed by atoms with E-state index in [9.17, 15) is 0 Å². The molecule has 1 aromatic carbocycles. The van der Waals surface area contributed by atoms with E-state index < -0.39 is 0 Å². The number of aliphatic imine (C=N–C) groups is 2. The molecule has 5 nitrogen and oxygen atoms in total. The number of hydrogen-bond acceptors (Lipinski definition) is 2. The largest absolute Gasteiger partial charge is 0.508 e. The van der Waals surface area contributed by atoms with Crippen LogP contribution in [0.5, 0.6) is 5.75 Å². The highest BCUT2D eigenvalue weighted by atomic mass is 16.3. The maximum atomic E-state index is 9.05. The maximum Gasteiger partial charge on any atom is 0.192 e. The fourth-order valence-corrected chi connectivity index (χ4v) is 1.02. The Hall–Kier alpha value is -2.04. The zero-order chi connectivity index (χ0) is 11.1. The highest BCUT2D eigenvalue weighted by Gasteiger charge is 1.91. The number of hydrogen-bond donors (Lipinski definition) is 3. The van der Waals surface area contributed by atoms with Crippen LogP contribution >= 0.6 is 0 Å². The summed E-state index contributed by atoms with van der Waals surface area (Å²) in [5.74, 6) is 0.270. The van der Waals surface area contributed by atoms with Crippen LogP contribution in [0.15, 0.2) is 34.3 Å². The van der Waals surface area contributed by atoms with Crippen LogP contribution in [0.25, 0.3) is 0 Å². The molecule has 5 N–H and O–H groups in total. The minimum atomic E-state index is 0.00313. The predicted octanol–water partition coefficient (Wildman–Crippen LogP) is 0.236. The second kappa shape index (κ2) is 5.64. The van der Waals surface area contributed by atoms with E-state index in [1.54, 1.807) is 12.1 Å². The number of nitrogens with zero attached hydrogens (tertiary/aromatic N) is 2. The minimum absolute atomic E-state index is 0.00313.